The Kier molecular flexibility index (Phi) is 2.14. The molecule has 0 atom stereocenters. The van der Waals surface area contributed by atoms with E-state index in [4.69, 9.17) is 5.84 Å². The Morgan fingerprint density at radius 3 is 2.20 bits per heavy atom. The molecule has 0 saturated carbocycles. The van der Waals surface area contributed by atoms with Crippen LogP contribution >= 0.6 is 0 Å². The third kappa shape index (κ3) is 3.92. The summed E-state index contributed by atoms with van der Waals surface area (Å²) in [7, 11) is 3.37. The van der Waals surface area contributed by atoms with Gasteiger partial charge in [-0.15, -0.1) is 0 Å². The lowest BCUT2D eigenvalue weighted by molar-refractivity contribution is 0.411. The third-order valence-electron chi connectivity index (χ3n) is 0.406. The van der Waals surface area contributed by atoms with E-state index in [1.54, 1.807) is 0 Å². The number of hydrogen-bond acceptors (Lipinski definition) is 2. The summed E-state index contributed by atoms with van der Waals surface area (Å²) >= 11 is 0. The first-order valence-corrected chi connectivity index (χ1v) is 1.60. The zero-order valence-electron chi connectivity index (χ0n) is 3.44. The number of hydrogen-bond donors (Lipinski definition) is 1. The van der Waals surface area contributed by atoms with Crippen molar-refractivity contribution in [3.63, 3.8) is 0 Å². The van der Waals surface area contributed by atoms with Gasteiger partial charge in [-0.05, 0) is 0 Å². The maximum absolute atomic E-state index is 5.01. The van der Waals surface area contributed by atoms with E-state index < -0.39 is 0 Å². The highest BCUT2D eigenvalue weighted by molar-refractivity contribution is 4.30. The third-order valence-corrected chi connectivity index (χ3v) is 0.406. The molecule has 0 aliphatic rings. The van der Waals surface area contributed by atoms with Crippen LogP contribution in [-0.4, -0.2) is 11.6 Å². The predicted molar refractivity (Wildman–Crippen MR) is 21.9 cm³/mol. The molecular weight excluding hydrogens is 64.0 g/mol. The van der Waals surface area contributed by atoms with E-state index in [1.807, 2.05) is 6.92 Å². The molecule has 5 heavy (non-hydrogen) atoms. The van der Waals surface area contributed by atoms with Crippen LogP contribution in [0.5, 0.6) is 0 Å². The predicted octanol–water partition coefficient (Wildman–Crippen LogP) is -0.0264. The highest BCUT2D eigenvalue weighted by Crippen LogP contribution is 1.61. The lowest BCUT2D eigenvalue weighted by Gasteiger charge is -1.99. The van der Waals surface area contributed by atoms with Crippen LogP contribution in [0.25, 0.3) is 0 Å². The molecule has 0 rings (SSSR count). The molecule has 0 fully saturated rings. The molecule has 2 N–H and O–H groups in total. The van der Waals surface area contributed by atoms with Gasteiger partial charge in [-0.3, -0.25) is 5.84 Å². The Hall–Kier alpha value is -0.0800. The van der Waals surface area contributed by atoms with Gasteiger partial charge in [-0.2, -0.15) is 0 Å². The molecule has 0 bridgehead atoms. The molecule has 0 amide bonds. The van der Waals surface area contributed by atoms with Crippen LogP contribution in [0.15, 0.2) is 0 Å². The fraction of sp³-hybridized carbons (Fsp3) is 0.667. The first-order valence-electron chi connectivity index (χ1n) is 1.60. The second-order valence-corrected chi connectivity index (χ2v) is 0.905. The molecule has 1 radical (unpaired) electrons. The highest BCUT2D eigenvalue weighted by atomic mass is 15.4. The topological polar surface area (TPSA) is 29.3 Å². The molecule has 31 valence electrons. The van der Waals surface area contributed by atoms with Crippen molar-refractivity contribution in [2.75, 3.05) is 6.54 Å². The van der Waals surface area contributed by atoms with Gasteiger partial charge in [0.15, 0.2) is 0 Å². The van der Waals surface area contributed by atoms with Gasteiger partial charge in [0.05, 0.1) is 0 Å². The van der Waals surface area contributed by atoms with Crippen molar-refractivity contribution in [2.45, 2.75) is 6.92 Å². The summed E-state index contributed by atoms with van der Waals surface area (Å²) in [4.78, 5) is 0. The normalized spacial score (nSPS) is 9.60. The van der Waals surface area contributed by atoms with Crippen molar-refractivity contribution in [1.29, 1.82) is 0 Å². The molecule has 2 nitrogen and oxygen atoms in total. The standard InChI is InChI=1S/C3H9N2/c1-3-5(2)4/h2-4H2,1H3. The summed E-state index contributed by atoms with van der Waals surface area (Å²) in [6.07, 6.45) is 0. The summed E-state index contributed by atoms with van der Waals surface area (Å²) < 4.78 is 0. The molecule has 0 aromatic carbocycles. The molecule has 0 spiro atoms. The van der Waals surface area contributed by atoms with Gasteiger partial charge < -0.3 is 0 Å². The molecule has 0 saturated heterocycles. The summed E-state index contributed by atoms with van der Waals surface area (Å²) in [6.45, 7) is 2.74. The maximum atomic E-state index is 5.01. The van der Waals surface area contributed by atoms with Gasteiger partial charge in [-0.1, -0.05) is 6.92 Å². The van der Waals surface area contributed by atoms with Gasteiger partial charge in [0.2, 0.25) is 0 Å². The van der Waals surface area contributed by atoms with Crippen LogP contribution in [0.4, 0.5) is 0 Å². The van der Waals surface area contributed by atoms with Crippen molar-refractivity contribution >= 4 is 0 Å². The summed E-state index contributed by atoms with van der Waals surface area (Å²) in [5.74, 6) is 5.01. The summed E-state index contributed by atoms with van der Waals surface area (Å²) in [5, 5.41) is 1.38. The molecule has 2 heteroatoms. The zero-order valence-corrected chi connectivity index (χ0v) is 3.44. The van der Waals surface area contributed by atoms with Gasteiger partial charge >= 0.3 is 0 Å². The van der Waals surface area contributed by atoms with Crippen molar-refractivity contribution < 1.29 is 0 Å². The molecule has 0 aromatic heterocycles. The van der Waals surface area contributed by atoms with E-state index >= 15 is 0 Å². The van der Waals surface area contributed by atoms with Gasteiger partial charge in [0, 0.05) is 13.6 Å². The van der Waals surface area contributed by atoms with Crippen molar-refractivity contribution in [1.82, 2.24) is 5.01 Å². The minimum Gasteiger partial charge on any atom is -0.269 e. The fourth-order valence-corrected chi connectivity index (χ4v) is 0. The average molecular weight is 73.1 g/mol. The fourth-order valence-electron chi connectivity index (χ4n) is 0. The summed E-state index contributed by atoms with van der Waals surface area (Å²) in [6, 6.07) is 0. The van der Waals surface area contributed by atoms with E-state index in [-0.39, 0.29) is 0 Å². The van der Waals surface area contributed by atoms with E-state index in [9.17, 15) is 0 Å². The Labute approximate surface area is 32.5 Å². The van der Waals surface area contributed by atoms with Crippen molar-refractivity contribution in [3.05, 3.63) is 7.05 Å². The van der Waals surface area contributed by atoms with Crippen LogP contribution in [-0.2, 0) is 0 Å². The average Bonchev–Trinajstić information content (AvgIpc) is 1.38. The van der Waals surface area contributed by atoms with Gasteiger partial charge in [0.1, 0.15) is 0 Å². The second kappa shape index (κ2) is 2.18. The van der Waals surface area contributed by atoms with Gasteiger partial charge in [-0.25, -0.2) is 5.01 Å². The van der Waals surface area contributed by atoms with E-state index in [1.165, 1.54) is 5.01 Å². The Morgan fingerprint density at radius 1 is 2.00 bits per heavy atom. The SMILES string of the molecule is [CH2]N(N)CC. The maximum Gasteiger partial charge on any atom is 0.0270 e. The largest absolute Gasteiger partial charge is 0.269 e. The molecule has 0 aliphatic carbocycles. The van der Waals surface area contributed by atoms with Crippen LogP contribution in [0.1, 0.15) is 6.92 Å². The van der Waals surface area contributed by atoms with Crippen molar-refractivity contribution in [3.8, 4) is 0 Å². The van der Waals surface area contributed by atoms with Crippen molar-refractivity contribution in [2.24, 2.45) is 5.84 Å². The molecule has 0 aromatic rings. The van der Waals surface area contributed by atoms with Crippen LogP contribution in [0.3, 0.4) is 0 Å². The Balaban J connectivity index is 2.54. The quantitative estimate of drug-likeness (QED) is 0.349. The van der Waals surface area contributed by atoms with Crippen LogP contribution in [0.2, 0.25) is 0 Å². The zero-order chi connectivity index (χ0) is 4.28. The molecule has 0 aliphatic heterocycles. The first-order chi connectivity index (χ1) is 2.27. The molecular formula is C3H9N2. The van der Waals surface area contributed by atoms with Crippen LogP contribution in [0, 0.1) is 7.05 Å². The Morgan fingerprint density at radius 2 is 2.20 bits per heavy atom. The minimum atomic E-state index is 0.806. The molecule has 0 unspecified atom stereocenters. The van der Waals surface area contributed by atoms with E-state index in [2.05, 4.69) is 7.05 Å². The minimum absolute atomic E-state index is 0.806. The lowest BCUT2D eigenvalue weighted by atomic mass is 10.8. The number of nitrogens with two attached hydrogens (primary N) is 1. The second-order valence-electron chi connectivity index (χ2n) is 0.905. The number of nitrogens with zero attached hydrogens (tertiary/aromatic N) is 1. The van der Waals surface area contributed by atoms with Gasteiger partial charge in [0.25, 0.3) is 0 Å². The monoisotopic (exact) mass is 73.1 g/mol. The van der Waals surface area contributed by atoms with E-state index in [0.29, 0.717) is 0 Å². The van der Waals surface area contributed by atoms with Crippen LogP contribution < -0.4 is 5.84 Å². The molecule has 0 heterocycles. The smallest absolute Gasteiger partial charge is 0.0270 e. The van der Waals surface area contributed by atoms with E-state index in [0.717, 1.165) is 6.54 Å². The summed E-state index contributed by atoms with van der Waals surface area (Å²) in [5.41, 5.74) is 0. The first kappa shape index (κ1) is 4.92. The number of rotatable bonds is 1. The lowest BCUT2D eigenvalue weighted by Crippen LogP contribution is -2.22. The Bertz CT molecular complexity index is 18.9. The highest BCUT2D eigenvalue weighted by Gasteiger charge is 1.72. The number of hydrazine groups is 1.